The van der Waals surface area contributed by atoms with Gasteiger partial charge in [0.25, 0.3) is 0 Å². The lowest BCUT2D eigenvalue weighted by Crippen LogP contribution is -2.59. The molecular weight excluding hydrogens is 698 g/mol. The summed E-state index contributed by atoms with van der Waals surface area (Å²) in [5, 5.41) is 7.86. The smallest absolute Gasteiger partial charge is 0.408 e. The minimum Gasteiger partial charge on any atom is -0.472 e. The summed E-state index contributed by atoms with van der Waals surface area (Å²) >= 11 is 6.21. The van der Waals surface area contributed by atoms with Crippen LogP contribution in [0.3, 0.4) is 0 Å². The van der Waals surface area contributed by atoms with Gasteiger partial charge < -0.3 is 25.0 Å². The monoisotopic (exact) mass is 747 g/mol. The molecule has 2 aromatic rings. The molecule has 1 aromatic heterocycles. The molecule has 3 aliphatic rings. The first kappa shape index (κ1) is 38.6. The number of nitrogens with zero attached hydrogens (tertiary/aromatic N) is 2. The van der Waals surface area contributed by atoms with E-state index in [1.54, 1.807) is 58.2 Å². The number of aromatic nitrogens is 1. The highest BCUT2D eigenvalue weighted by atomic mass is 35.5. The molecule has 2 aliphatic carbocycles. The number of halogens is 1. The van der Waals surface area contributed by atoms with Gasteiger partial charge in [-0.2, -0.15) is 8.42 Å². The van der Waals surface area contributed by atoms with Crippen molar-refractivity contribution in [2.75, 3.05) is 6.54 Å². The van der Waals surface area contributed by atoms with Crippen molar-refractivity contribution < 1.29 is 36.5 Å². The van der Waals surface area contributed by atoms with Gasteiger partial charge in [0, 0.05) is 28.7 Å². The summed E-state index contributed by atoms with van der Waals surface area (Å²) in [7, 11) is -4.20. The molecule has 3 N–H and O–H groups in total. The normalized spacial score (nSPS) is 24.7. The topological polar surface area (TPSA) is 165 Å². The molecule has 1 saturated heterocycles. The van der Waals surface area contributed by atoms with E-state index < -0.39 is 68.6 Å². The summed E-state index contributed by atoms with van der Waals surface area (Å²) in [6.07, 6.45) is 2.59. The highest BCUT2D eigenvalue weighted by Crippen LogP contribution is 2.50. The average molecular weight is 748 g/mol. The van der Waals surface area contributed by atoms with Crippen LogP contribution in [0.5, 0.6) is 5.88 Å². The Morgan fingerprint density at radius 3 is 2.41 bits per heavy atom. The van der Waals surface area contributed by atoms with E-state index in [1.807, 2.05) is 27.7 Å². The summed E-state index contributed by atoms with van der Waals surface area (Å²) in [5.74, 6) is -0.796. The molecule has 5 atom stereocenters. The number of fused-ring (bicyclic) bond motifs is 1. The molecule has 1 aromatic carbocycles. The largest absolute Gasteiger partial charge is 0.472 e. The van der Waals surface area contributed by atoms with E-state index in [4.69, 9.17) is 25.3 Å². The lowest BCUT2D eigenvalue weighted by molar-refractivity contribution is -0.142. The molecule has 15 heteroatoms. The third kappa shape index (κ3) is 9.07. The second kappa shape index (κ2) is 13.7. The van der Waals surface area contributed by atoms with Gasteiger partial charge in [-0.25, -0.2) is 14.0 Å². The number of ether oxygens (including phenoxy) is 2. The molecule has 280 valence electrons. The molecule has 0 radical (unpaired) electrons. The number of likely N-dealkylation sites (tertiary alicyclic amines) is 1. The van der Waals surface area contributed by atoms with E-state index in [0.29, 0.717) is 42.0 Å². The van der Waals surface area contributed by atoms with Gasteiger partial charge in [-0.3, -0.25) is 14.3 Å². The standard InChI is InChI=1S/C36H50ClN5O8S/c1-10-23-19-36(23,21(2)41-51(46,47)50-35(9)14-15-35)40-29(43)27-18-25(48-30-26-12-11-24(37)17-22(26)13-16-38-30)20-42(27)31(44)28(33(3,4)5)39-32(45)49-34(6,7)8/h11-13,16-17,23,25,27-28,41H,2,10,14-15,18-20H2,1,3-9H3,(H,39,45)(H,40,43)/t23-,25-,27+,28-,36+/m1/s1. The van der Waals surface area contributed by atoms with Crippen molar-refractivity contribution in [3.8, 4) is 5.88 Å². The summed E-state index contributed by atoms with van der Waals surface area (Å²) in [5.41, 5.74) is -3.33. The molecular formula is C36H50ClN5O8S. The highest BCUT2D eigenvalue weighted by molar-refractivity contribution is 7.84. The number of rotatable bonds is 12. The maximum Gasteiger partial charge on any atom is 0.408 e. The number of carbonyl (C=O) groups is 3. The van der Waals surface area contributed by atoms with Crippen molar-refractivity contribution in [2.45, 2.75) is 122 Å². The maximum atomic E-state index is 14.5. The lowest BCUT2D eigenvalue weighted by atomic mass is 9.85. The minimum atomic E-state index is -4.20. The van der Waals surface area contributed by atoms with Gasteiger partial charge in [-0.05, 0) is 87.9 Å². The molecule has 3 fully saturated rings. The van der Waals surface area contributed by atoms with Gasteiger partial charge in [0.05, 0.1) is 17.7 Å². The summed E-state index contributed by atoms with van der Waals surface area (Å²) < 4.78 is 45.4. The number of hydrogen-bond acceptors (Lipinski definition) is 9. The Labute approximate surface area is 305 Å². The second-order valence-electron chi connectivity index (χ2n) is 16.2. The van der Waals surface area contributed by atoms with Gasteiger partial charge in [-0.15, -0.1) is 0 Å². The maximum absolute atomic E-state index is 14.5. The lowest BCUT2D eigenvalue weighted by Gasteiger charge is -2.36. The first-order valence-electron chi connectivity index (χ1n) is 17.3. The van der Waals surface area contributed by atoms with Crippen molar-refractivity contribution in [1.29, 1.82) is 0 Å². The fraction of sp³-hybridized carbons (Fsp3) is 0.611. The number of carbonyl (C=O) groups excluding carboxylic acids is 3. The Kier molecular flexibility index (Phi) is 10.4. The highest BCUT2D eigenvalue weighted by Gasteiger charge is 2.59. The van der Waals surface area contributed by atoms with E-state index >= 15 is 0 Å². The quantitative estimate of drug-likeness (QED) is 0.259. The summed E-state index contributed by atoms with van der Waals surface area (Å²) in [6.45, 7) is 18.3. The van der Waals surface area contributed by atoms with Crippen LogP contribution in [0.25, 0.3) is 10.8 Å². The molecule has 13 nitrogen and oxygen atoms in total. The van der Waals surface area contributed by atoms with Crippen LogP contribution in [0.2, 0.25) is 5.02 Å². The van der Waals surface area contributed by atoms with Crippen LogP contribution in [0.4, 0.5) is 4.79 Å². The average Bonchev–Trinajstić information content (AvgIpc) is 3.86. The Hall–Kier alpha value is -3.62. The molecule has 2 saturated carbocycles. The van der Waals surface area contributed by atoms with E-state index in [1.165, 1.54) is 4.90 Å². The van der Waals surface area contributed by atoms with Crippen LogP contribution in [-0.4, -0.2) is 77.7 Å². The van der Waals surface area contributed by atoms with E-state index in [0.717, 1.165) is 5.39 Å². The molecule has 5 rings (SSSR count). The first-order chi connectivity index (χ1) is 23.5. The predicted molar refractivity (Wildman–Crippen MR) is 193 cm³/mol. The molecule has 2 heterocycles. The van der Waals surface area contributed by atoms with E-state index in [9.17, 15) is 22.8 Å². The second-order valence-corrected chi connectivity index (χ2v) is 18.0. The Balaban J connectivity index is 1.43. The third-order valence-electron chi connectivity index (χ3n) is 9.59. The zero-order chi connectivity index (χ0) is 37.7. The number of pyridine rings is 1. The zero-order valence-corrected chi connectivity index (χ0v) is 32.2. The minimum absolute atomic E-state index is 0.00929. The van der Waals surface area contributed by atoms with Crippen LogP contribution in [-0.2, 0) is 28.8 Å². The van der Waals surface area contributed by atoms with E-state index in [2.05, 4.69) is 26.9 Å². The number of alkyl carbamates (subject to hydrolysis) is 1. The van der Waals surface area contributed by atoms with Gasteiger partial charge in [0.15, 0.2) is 0 Å². The fourth-order valence-corrected chi connectivity index (χ4v) is 7.90. The van der Waals surface area contributed by atoms with Crippen LogP contribution >= 0.6 is 11.6 Å². The molecule has 0 bridgehead atoms. The third-order valence-corrected chi connectivity index (χ3v) is 10.9. The molecule has 3 amide bonds. The molecule has 0 unspecified atom stereocenters. The van der Waals surface area contributed by atoms with Crippen molar-refractivity contribution in [1.82, 2.24) is 25.2 Å². The number of nitrogens with one attached hydrogen (secondary N) is 3. The summed E-state index contributed by atoms with van der Waals surface area (Å²) in [4.78, 5) is 47.6. The van der Waals surface area contributed by atoms with Crippen molar-refractivity contribution in [3.63, 3.8) is 0 Å². The molecule has 0 spiro atoms. The predicted octanol–water partition coefficient (Wildman–Crippen LogP) is 5.38. The molecule has 1 aliphatic heterocycles. The van der Waals surface area contributed by atoms with Gasteiger partial charge >= 0.3 is 16.4 Å². The van der Waals surface area contributed by atoms with Gasteiger partial charge in [0.1, 0.15) is 23.8 Å². The fourth-order valence-electron chi connectivity index (χ4n) is 6.50. The Bertz CT molecular complexity index is 1820. The van der Waals surface area contributed by atoms with Gasteiger partial charge in [-0.1, -0.05) is 52.3 Å². The van der Waals surface area contributed by atoms with E-state index in [-0.39, 0.29) is 24.6 Å². The van der Waals surface area contributed by atoms with Crippen LogP contribution in [0.1, 0.15) is 87.5 Å². The summed E-state index contributed by atoms with van der Waals surface area (Å²) in [6, 6.07) is 5.01. The first-order valence-corrected chi connectivity index (χ1v) is 19.1. The number of hydrogen-bond donors (Lipinski definition) is 3. The van der Waals surface area contributed by atoms with Crippen molar-refractivity contribution in [2.24, 2.45) is 11.3 Å². The number of benzene rings is 1. The van der Waals surface area contributed by atoms with Crippen LogP contribution in [0, 0.1) is 11.3 Å². The molecule has 51 heavy (non-hydrogen) atoms. The Morgan fingerprint density at radius 2 is 1.82 bits per heavy atom. The van der Waals surface area contributed by atoms with Crippen molar-refractivity contribution >= 4 is 50.6 Å². The Morgan fingerprint density at radius 1 is 1.14 bits per heavy atom. The number of amides is 3. The SMILES string of the molecule is C=C(NS(=O)(=O)OC1(C)CC1)[C@@]1(NC(=O)[C@@H]2C[C@@H](Oc3nccc4cc(Cl)ccc34)CN2C(=O)[C@@H](NC(=O)OC(C)(C)C)C(C)(C)C)C[C@H]1CC. The zero-order valence-electron chi connectivity index (χ0n) is 30.6. The van der Waals surface area contributed by atoms with Crippen LogP contribution in [0.15, 0.2) is 42.7 Å². The van der Waals surface area contributed by atoms with Gasteiger partial charge in [0.2, 0.25) is 17.7 Å². The van der Waals surface area contributed by atoms with Crippen LogP contribution < -0.4 is 20.1 Å². The van der Waals surface area contributed by atoms with Crippen molar-refractivity contribution in [3.05, 3.63) is 47.8 Å².